The van der Waals surface area contributed by atoms with Crippen LogP contribution in [-0.2, 0) is 4.79 Å². The lowest BCUT2D eigenvalue weighted by molar-refractivity contribution is -0.130. The third-order valence-electron chi connectivity index (χ3n) is 3.02. The average molecular weight is 249 g/mol. The van der Waals surface area contributed by atoms with Crippen molar-refractivity contribution >= 4 is 17.3 Å². The fourth-order valence-corrected chi connectivity index (χ4v) is 1.92. The number of carbonyl (C=O) groups excluding carboxylic acids is 1. The molecule has 0 bridgehead atoms. The molecule has 1 aromatic carbocycles. The summed E-state index contributed by atoms with van der Waals surface area (Å²) in [6, 6.07) is 5.74. The molecule has 0 aliphatic rings. The lowest BCUT2D eigenvalue weighted by Crippen LogP contribution is -2.31. The van der Waals surface area contributed by atoms with Gasteiger partial charge in [-0.15, -0.1) is 0 Å². The lowest BCUT2D eigenvalue weighted by Gasteiger charge is -2.19. The average Bonchev–Trinajstić information content (AvgIpc) is 2.33. The van der Waals surface area contributed by atoms with Crippen molar-refractivity contribution in [3.05, 3.63) is 23.8 Å². The Hall–Kier alpha value is -1.71. The number of anilines is 2. The number of nitrogens with two attached hydrogens (primary N) is 1. The van der Waals surface area contributed by atoms with E-state index < -0.39 is 0 Å². The van der Waals surface area contributed by atoms with Gasteiger partial charge in [0.1, 0.15) is 0 Å². The maximum absolute atomic E-state index is 11.8. The van der Waals surface area contributed by atoms with E-state index in [0.29, 0.717) is 13.0 Å². The van der Waals surface area contributed by atoms with Crippen molar-refractivity contribution in [3.8, 4) is 0 Å². The van der Waals surface area contributed by atoms with Crippen molar-refractivity contribution in [1.82, 2.24) is 4.90 Å². The summed E-state index contributed by atoms with van der Waals surface area (Å²) in [6.07, 6.45) is 0.519. The highest BCUT2D eigenvalue weighted by Crippen LogP contribution is 2.17. The van der Waals surface area contributed by atoms with Gasteiger partial charge in [-0.3, -0.25) is 4.79 Å². The van der Waals surface area contributed by atoms with Crippen molar-refractivity contribution < 1.29 is 4.79 Å². The molecule has 0 saturated heterocycles. The number of amides is 1. The summed E-state index contributed by atoms with van der Waals surface area (Å²) in [5.41, 5.74) is 8.59. The molecule has 0 saturated carbocycles. The zero-order valence-electron chi connectivity index (χ0n) is 11.5. The highest BCUT2D eigenvalue weighted by molar-refractivity contribution is 5.76. The quantitative estimate of drug-likeness (QED) is 0.760. The number of nitrogens with one attached hydrogen (secondary N) is 1. The van der Waals surface area contributed by atoms with Gasteiger partial charge in [0.05, 0.1) is 0 Å². The van der Waals surface area contributed by atoms with Crippen molar-refractivity contribution in [2.24, 2.45) is 0 Å². The summed E-state index contributed by atoms with van der Waals surface area (Å²) in [5.74, 6) is 0.195. The Morgan fingerprint density at radius 3 is 2.56 bits per heavy atom. The van der Waals surface area contributed by atoms with Crippen LogP contribution in [0.25, 0.3) is 0 Å². The molecule has 18 heavy (non-hydrogen) atoms. The van der Waals surface area contributed by atoms with Gasteiger partial charge in [0.25, 0.3) is 0 Å². The fraction of sp³-hybridized carbons (Fsp3) is 0.500. The van der Waals surface area contributed by atoms with Crippen molar-refractivity contribution in [3.63, 3.8) is 0 Å². The van der Waals surface area contributed by atoms with Crippen LogP contribution in [0, 0.1) is 6.92 Å². The molecule has 0 aromatic heterocycles. The molecule has 0 aliphatic heterocycles. The Kier molecular flexibility index (Phi) is 5.49. The molecule has 1 aromatic rings. The van der Waals surface area contributed by atoms with E-state index in [1.165, 1.54) is 0 Å². The molecule has 0 radical (unpaired) electrons. The third-order valence-corrected chi connectivity index (χ3v) is 3.02. The number of nitrogens with zero attached hydrogens (tertiary/aromatic N) is 1. The SMILES string of the molecule is CCN(CC)C(=O)CCNc1ccc(N)cc1C. The van der Waals surface area contributed by atoms with Crippen LogP contribution in [0.3, 0.4) is 0 Å². The Balaban J connectivity index is 2.44. The standard InChI is InChI=1S/C14H23N3O/c1-4-17(5-2)14(18)8-9-16-13-7-6-12(15)10-11(13)3/h6-7,10,16H,4-5,8-9,15H2,1-3H3. The van der Waals surface area contributed by atoms with Crippen LogP contribution in [0.15, 0.2) is 18.2 Å². The van der Waals surface area contributed by atoms with E-state index in [0.717, 1.165) is 30.0 Å². The second-order valence-corrected chi connectivity index (χ2v) is 4.32. The summed E-state index contributed by atoms with van der Waals surface area (Å²) in [4.78, 5) is 13.6. The Morgan fingerprint density at radius 2 is 2.00 bits per heavy atom. The largest absolute Gasteiger partial charge is 0.399 e. The van der Waals surface area contributed by atoms with Crippen molar-refractivity contribution in [1.29, 1.82) is 0 Å². The second kappa shape index (κ2) is 6.89. The Morgan fingerprint density at radius 1 is 1.33 bits per heavy atom. The molecular weight excluding hydrogens is 226 g/mol. The van der Waals surface area contributed by atoms with Gasteiger partial charge in [-0.25, -0.2) is 0 Å². The van der Waals surface area contributed by atoms with E-state index in [-0.39, 0.29) is 5.91 Å². The zero-order valence-corrected chi connectivity index (χ0v) is 11.5. The van der Waals surface area contributed by atoms with Crippen LogP contribution in [-0.4, -0.2) is 30.4 Å². The number of hydrogen-bond acceptors (Lipinski definition) is 3. The molecule has 0 fully saturated rings. The highest BCUT2D eigenvalue weighted by atomic mass is 16.2. The van der Waals surface area contributed by atoms with E-state index in [1.54, 1.807) is 0 Å². The van der Waals surface area contributed by atoms with Crippen molar-refractivity contribution in [2.75, 3.05) is 30.7 Å². The third kappa shape index (κ3) is 3.95. The topological polar surface area (TPSA) is 58.4 Å². The van der Waals surface area contributed by atoms with Gasteiger partial charge in [-0.2, -0.15) is 0 Å². The minimum absolute atomic E-state index is 0.195. The molecule has 0 atom stereocenters. The monoisotopic (exact) mass is 249 g/mol. The molecular formula is C14H23N3O. The van der Waals surface area contributed by atoms with Gasteiger partial charge in [-0.1, -0.05) is 0 Å². The highest BCUT2D eigenvalue weighted by Gasteiger charge is 2.08. The van der Waals surface area contributed by atoms with E-state index in [1.807, 2.05) is 43.9 Å². The molecule has 4 heteroatoms. The first-order chi connectivity index (χ1) is 8.58. The molecule has 0 unspecified atom stereocenters. The molecule has 100 valence electrons. The number of aryl methyl sites for hydroxylation is 1. The predicted molar refractivity (Wildman–Crippen MR) is 76.6 cm³/mol. The van der Waals surface area contributed by atoms with Crippen molar-refractivity contribution in [2.45, 2.75) is 27.2 Å². The number of carbonyl (C=O) groups is 1. The maximum Gasteiger partial charge on any atom is 0.224 e. The van der Waals surface area contributed by atoms with E-state index >= 15 is 0 Å². The number of rotatable bonds is 6. The van der Waals surface area contributed by atoms with Crippen LogP contribution in [0.2, 0.25) is 0 Å². The smallest absolute Gasteiger partial charge is 0.224 e. The first kappa shape index (κ1) is 14.4. The van der Waals surface area contributed by atoms with Gasteiger partial charge >= 0.3 is 0 Å². The molecule has 0 aliphatic carbocycles. The maximum atomic E-state index is 11.8. The Labute approximate surface area is 109 Å². The Bertz CT molecular complexity index is 400. The molecule has 4 nitrogen and oxygen atoms in total. The molecule has 1 rings (SSSR count). The molecule has 0 heterocycles. The summed E-state index contributed by atoms with van der Waals surface area (Å²) in [6.45, 7) is 8.20. The molecule has 0 spiro atoms. The van der Waals surface area contributed by atoms with Crippen LogP contribution >= 0.6 is 0 Å². The summed E-state index contributed by atoms with van der Waals surface area (Å²) in [7, 11) is 0. The van der Waals surface area contributed by atoms with Gasteiger partial charge in [0.2, 0.25) is 5.91 Å². The fourth-order valence-electron chi connectivity index (χ4n) is 1.92. The summed E-state index contributed by atoms with van der Waals surface area (Å²) < 4.78 is 0. The van der Waals surface area contributed by atoms with Gasteiger partial charge in [0.15, 0.2) is 0 Å². The van der Waals surface area contributed by atoms with Gasteiger partial charge < -0.3 is 16.0 Å². The number of nitrogen functional groups attached to an aromatic ring is 1. The predicted octanol–water partition coefficient (Wildman–Crippen LogP) is 2.25. The zero-order chi connectivity index (χ0) is 13.5. The van der Waals surface area contributed by atoms with Crippen LogP contribution in [0.4, 0.5) is 11.4 Å². The number of hydrogen-bond donors (Lipinski definition) is 2. The van der Waals surface area contributed by atoms with E-state index in [2.05, 4.69) is 5.32 Å². The minimum atomic E-state index is 0.195. The normalized spacial score (nSPS) is 10.2. The van der Waals surface area contributed by atoms with Gasteiger partial charge in [0, 0.05) is 37.4 Å². The van der Waals surface area contributed by atoms with Crippen LogP contribution in [0.1, 0.15) is 25.8 Å². The summed E-state index contributed by atoms with van der Waals surface area (Å²) in [5, 5.41) is 3.27. The van der Waals surface area contributed by atoms with E-state index in [9.17, 15) is 4.79 Å². The van der Waals surface area contributed by atoms with E-state index in [4.69, 9.17) is 5.73 Å². The van der Waals surface area contributed by atoms with Gasteiger partial charge in [-0.05, 0) is 44.5 Å². The first-order valence-electron chi connectivity index (χ1n) is 6.46. The molecule has 1 amide bonds. The first-order valence-corrected chi connectivity index (χ1v) is 6.46. The summed E-state index contributed by atoms with van der Waals surface area (Å²) >= 11 is 0. The minimum Gasteiger partial charge on any atom is -0.399 e. The van der Waals surface area contributed by atoms with Crippen LogP contribution in [0.5, 0.6) is 0 Å². The lowest BCUT2D eigenvalue weighted by atomic mass is 10.2. The second-order valence-electron chi connectivity index (χ2n) is 4.32. The molecule has 3 N–H and O–H groups in total. The number of benzene rings is 1. The van der Waals surface area contributed by atoms with Crippen LogP contribution < -0.4 is 11.1 Å².